The fraction of sp³-hybridized carbons (Fsp3) is 0.567. The molecule has 220 valence electrons. The number of carbonyl (C=O) groups is 4. The van der Waals surface area contributed by atoms with Gasteiger partial charge >= 0.3 is 12.1 Å². The Morgan fingerprint density at radius 1 is 0.875 bits per heavy atom. The molecule has 0 aliphatic carbocycles. The van der Waals surface area contributed by atoms with Gasteiger partial charge in [-0.15, -0.1) is 4.99 Å². The minimum Gasteiger partial charge on any atom is -0.507 e. The third kappa shape index (κ3) is 8.40. The van der Waals surface area contributed by atoms with Gasteiger partial charge in [0.1, 0.15) is 5.75 Å². The van der Waals surface area contributed by atoms with Crippen LogP contribution in [-0.4, -0.2) is 44.7 Å². The second-order valence-corrected chi connectivity index (χ2v) is 12.0. The van der Waals surface area contributed by atoms with E-state index < -0.39 is 29.7 Å². The quantitative estimate of drug-likeness (QED) is 0.246. The van der Waals surface area contributed by atoms with Gasteiger partial charge in [-0.05, 0) is 35.8 Å². The second-order valence-electron chi connectivity index (χ2n) is 12.0. The van der Waals surface area contributed by atoms with Crippen molar-refractivity contribution in [3.8, 4) is 5.75 Å². The van der Waals surface area contributed by atoms with Gasteiger partial charge in [0, 0.05) is 41.9 Å². The maximum absolute atomic E-state index is 13.6. The molecule has 2 aromatic rings. The van der Waals surface area contributed by atoms with Crippen molar-refractivity contribution in [1.29, 1.82) is 0 Å². The molecule has 40 heavy (non-hydrogen) atoms. The molecular formula is C30H43N3O7. The highest BCUT2D eigenvalue weighted by Crippen LogP contribution is 2.39. The fourth-order valence-electron chi connectivity index (χ4n) is 4.34. The number of carbonyl (C=O) groups excluding carboxylic acids is 4. The number of rotatable bonds is 10. The number of ether oxygens (including phenoxy) is 2. The lowest BCUT2D eigenvalue weighted by atomic mass is 9.78. The van der Waals surface area contributed by atoms with Gasteiger partial charge in [0.25, 0.3) is 0 Å². The first-order chi connectivity index (χ1) is 18.5. The molecule has 0 aliphatic rings. The summed E-state index contributed by atoms with van der Waals surface area (Å²) in [4.78, 5) is 53.9. The number of aromatic nitrogens is 2. The minimum absolute atomic E-state index is 0.0213. The molecule has 10 nitrogen and oxygen atoms in total. The van der Waals surface area contributed by atoms with Gasteiger partial charge in [-0.3, -0.25) is 14.4 Å². The van der Waals surface area contributed by atoms with Gasteiger partial charge in [-0.25, -0.2) is 4.79 Å². The van der Waals surface area contributed by atoms with Crippen LogP contribution in [0.5, 0.6) is 5.75 Å². The van der Waals surface area contributed by atoms with Crippen LogP contribution in [0.15, 0.2) is 29.5 Å². The smallest absolute Gasteiger partial charge is 0.439 e. The van der Waals surface area contributed by atoms with Crippen LogP contribution < -0.4 is 5.62 Å². The number of benzene rings is 1. The zero-order chi connectivity index (χ0) is 30.4. The van der Waals surface area contributed by atoms with Crippen molar-refractivity contribution in [3.05, 3.63) is 46.8 Å². The Labute approximate surface area is 236 Å². The molecule has 1 aromatic heterocycles. The normalized spacial score (nSPS) is 12.5. The van der Waals surface area contributed by atoms with Crippen molar-refractivity contribution in [2.24, 2.45) is 10.9 Å². The number of ketones is 2. The van der Waals surface area contributed by atoms with Crippen molar-refractivity contribution in [3.63, 3.8) is 0 Å². The number of hydrogen-bond donors (Lipinski definition) is 1. The van der Waals surface area contributed by atoms with Gasteiger partial charge < -0.3 is 23.7 Å². The molecule has 0 unspecified atom stereocenters. The lowest BCUT2D eigenvalue weighted by molar-refractivity contribution is -0.148. The molecule has 0 aliphatic heterocycles. The second kappa shape index (κ2) is 13.1. The van der Waals surface area contributed by atoms with Crippen molar-refractivity contribution < 1.29 is 33.8 Å². The number of phenols is 1. The number of aromatic hydroxyl groups is 1. The van der Waals surface area contributed by atoms with E-state index in [-0.39, 0.29) is 41.9 Å². The summed E-state index contributed by atoms with van der Waals surface area (Å²) in [7, 11) is 0. The molecule has 0 saturated carbocycles. The number of hydrogen-bond acceptors (Lipinski definition) is 7. The molecule has 0 bridgehead atoms. The predicted molar refractivity (Wildman–Crippen MR) is 150 cm³/mol. The summed E-state index contributed by atoms with van der Waals surface area (Å²) in [5.74, 6) is -0.890. The van der Waals surface area contributed by atoms with Crippen LogP contribution >= 0.6 is 0 Å². The molecule has 0 spiro atoms. The Morgan fingerprint density at radius 3 is 1.82 bits per heavy atom. The number of imidazole rings is 1. The van der Waals surface area contributed by atoms with E-state index >= 15 is 0 Å². The van der Waals surface area contributed by atoms with E-state index in [0.29, 0.717) is 29.5 Å². The van der Waals surface area contributed by atoms with Crippen LogP contribution in [0.1, 0.15) is 96.6 Å². The summed E-state index contributed by atoms with van der Waals surface area (Å²) in [6.45, 7) is 16.0. The van der Waals surface area contributed by atoms with E-state index in [1.165, 1.54) is 16.1 Å². The molecular weight excluding hydrogens is 514 g/mol. The molecule has 0 saturated heterocycles. The largest absolute Gasteiger partial charge is 0.507 e. The third-order valence-electron chi connectivity index (χ3n) is 6.71. The average molecular weight is 558 g/mol. The third-order valence-corrected chi connectivity index (χ3v) is 6.71. The van der Waals surface area contributed by atoms with Crippen LogP contribution in [0.3, 0.4) is 0 Å². The molecule has 1 heterocycles. The Bertz CT molecular complexity index is 1280. The van der Waals surface area contributed by atoms with Crippen molar-refractivity contribution in [2.75, 3.05) is 6.79 Å². The summed E-state index contributed by atoms with van der Waals surface area (Å²) in [6.07, 6.45) is 3.49. The highest BCUT2D eigenvalue weighted by molar-refractivity contribution is 5.96. The van der Waals surface area contributed by atoms with Crippen molar-refractivity contribution >= 4 is 23.6 Å². The Balaban J connectivity index is 2.55. The number of Topliss-reactive ketones (excluding diaryl/α,β-unsaturated/α-hetero) is 2. The monoisotopic (exact) mass is 557 g/mol. The van der Waals surface area contributed by atoms with E-state index in [1.54, 1.807) is 24.5 Å². The van der Waals surface area contributed by atoms with Crippen LogP contribution in [0.4, 0.5) is 4.79 Å². The maximum atomic E-state index is 13.6. The topological polar surface area (TPSA) is 129 Å². The molecule has 1 aromatic carbocycles. The zero-order valence-corrected chi connectivity index (χ0v) is 25.2. The Morgan fingerprint density at radius 2 is 1.38 bits per heavy atom. The average Bonchev–Trinajstić information content (AvgIpc) is 3.18. The summed E-state index contributed by atoms with van der Waals surface area (Å²) in [6, 6.07) is 3.40. The highest BCUT2D eigenvalue weighted by atomic mass is 16.7. The summed E-state index contributed by atoms with van der Waals surface area (Å²) >= 11 is 0. The predicted octanol–water partition coefficient (Wildman–Crippen LogP) is 5.04. The number of phenolic OH excluding ortho intramolecular Hbond substituents is 1. The van der Waals surface area contributed by atoms with Crippen molar-refractivity contribution in [2.45, 2.75) is 99.1 Å². The zero-order valence-electron chi connectivity index (χ0n) is 25.2. The molecule has 2 rings (SSSR count). The Kier molecular flexibility index (Phi) is 10.7. The van der Waals surface area contributed by atoms with Gasteiger partial charge in [0.05, 0.1) is 13.1 Å². The van der Waals surface area contributed by atoms with Gasteiger partial charge in [0.15, 0.2) is 11.6 Å². The van der Waals surface area contributed by atoms with Crippen LogP contribution in [0, 0.1) is 5.92 Å². The van der Waals surface area contributed by atoms with E-state index in [1.807, 2.05) is 55.4 Å². The fourth-order valence-corrected chi connectivity index (χ4v) is 4.34. The first-order valence-electron chi connectivity index (χ1n) is 13.5. The number of nitrogens with zero attached hydrogens (tertiary/aromatic N) is 3. The van der Waals surface area contributed by atoms with Gasteiger partial charge in [0.2, 0.25) is 12.4 Å². The molecule has 0 radical (unpaired) electrons. The minimum atomic E-state index is -1.04. The standard InChI is InChI=1S/C30H43N3O7/c1-10-20(11-2)24(35)16-32-12-13-33(27(32)31-28(38)40-18-39-19(3)34)17-25(36)21-14-22(29(4,5)6)26(37)23(15-21)30(7,8)9/h12-15,20,37H,10-11,16-18H2,1-9H3/b31-27+. The first kappa shape index (κ1) is 32.5. The molecule has 1 N–H and O–H groups in total. The van der Waals surface area contributed by atoms with E-state index in [9.17, 15) is 24.3 Å². The lowest BCUT2D eigenvalue weighted by Gasteiger charge is -2.28. The number of amides is 1. The number of esters is 1. The van der Waals surface area contributed by atoms with E-state index in [4.69, 9.17) is 4.74 Å². The molecule has 0 fully saturated rings. The molecule has 10 heteroatoms. The van der Waals surface area contributed by atoms with Gasteiger partial charge in [-0.2, -0.15) is 0 Å². The summed E-state index contributed by atoms with van der Waals surface area (Å²) in [5.41, 5.74) is 0.925. The maximum Gasteiger partial charge on any atom is 0.439 e. The summed E-state index contributed by atoms with van der Waals surface area (Å²) in [5, 5.41) is 11.0. The van der Waals surface area contributed by atoms with E-state index in [2.05, 4.69) is 9.73 Å². The highest BCUT2D eigenvalue weighted by Gasteiger charge is 2.28. The first-order valence-corrected chi connectivity index (χ1v) is 13.5. The SMILES string of the molecule is CCC(CC)C(=O)Cn1ccn(CC(=O)c2cc(C(C)(C)C)c(O)c(C(C)(C)C)c2)/c1=N/C(=O)OCOC(C)=O. The van der Waals surface area contributed by atoms with Crippen LogP contribution in [0.2, 0.25) is 0 Å². The Hall–Kier alpha value is -3.69. The molecule has 1 amide bonds. The van der Waals surface area contributed by atoms with Crippen LogP contribution in [-0.2, 0) is 43.0 Å². The van der Waals surface area contributed by atoms with Crippen LogP contribution in [0.25, 0.3) is 0 Å². The van der Waals surface area contributed by atoms with Gasteiger partial charge in [-0.1, -0.05) is 55.4 Å². The summed E-state index contributed by atoms with van der Waals surface area (Å²) < 4.78 is 12.5. The molecule has 0 atom stereocenters. The van der Waals surface area contributed by atoms with Crippen molar-refractivity contribution in [1.82, 2.24) is 9.13 Å². The lowest BCUT2D eigenvalue weighted by Crippen LogP contribution is -2.33. The van der Waals surface area contributed by atoms with E-state index in [0.717, 1.165) is 0 Å².